The third-order valence-corrected chi connectivity index (χ3v) is 6.89. The van der Waals surface area contributed by atoms with Crippen LogP contribution in [0.1, 0.15) is 51.7 Å². The fraction of sp³-hybridized carbons (Fsp3) is 0.467. The van der Waals surface area contributed by atoms with Gasteiger partial charge in [0.05, 0.1) is 12.1 Å². The summed E-state index contributed by atoms with van der Waals surface area (Å²) in [6, 6.07) is 4.36. The first-order valence-corrected chi connectivity index (χ1v) is 13.9. The smallest absolute Gasteiger partial charge is 0.416 e. The summed E-state index contributed by atoms with van der Waals surface area (Å²) in [7, 11) is 1.52. The predicted octanol–water partition coefficient (Wildman–Crippen LogP) is 4.15. The Morgan fingerprint density at radius 2 is 1.86 bits per heavy atom. The molecule has 0 spiro atoms. The van der Waals surface area contributed by atoms with Gasteiger partial charge in [-0.05, 0) is 58.2 Å². The molecule has 1 saturated heterocycles. The van der Waals surface area contributed by atoms with E-state index in [1.807, 2.05) is 4.90 Å². The van der Waals surface area contributed by atoms with E-state index in [0.717, 1.165) is 29.5 Å². The maximum absolute atomic E-state index is 13.7. The van der Waals surface area contributed by atoms with Gasteiger partial charge in [0, 0.05) is 32.7 Å². The van der Waals surface area contributed by atoms with Crippen molar-refractivity contribution in [3.63, 3.8) is 0 Å². The summed E-state index contributed by atoms with van der Waals surface area (Å²) in [5.41, 5.74) is -1.66. The second kappa shape index (κ2) is 12.4. The number of imidazole rings is 1. The van der Waals surface area contributed by atoms with Gasteiger partial charge < -0.3 is 15.0 Å². The standard InChI is InChI=1S/C30H35F3N6O4/c1-6-7-17-38-23-24(35-26(38)37-16-9-11-22(19-37)34-27(41)43-29(2,3)4)36(5)28(42)39(25(23)40)18-8-10-20-12-14-21(15-13-20)30(31,32)33/h8,10,12-15,22H,9,11,16-19H2,1-5H3,(H,34,41)/b10-8+/t22-/m1/s1. The second-order valence-corrected chi connectivity index (χ2v) is 11.3. The Morgan fingerprint density at radius 3 is 2.49 bits per heavy atom. The number of ether oxygens (including phenoxy) is 1. The Morgan fingerprint density at radius 1 is 1.16 bits per heavy atom. The van der Waals surface area contributed by atoms with E-state index in [2.05, 4.69) is 17.2 Å². The summed E-state index contributed by atoms with van der Waals surface area (Å²) in [5, 5.41) is 2.91. The zero-order chi connectivity index (χ0) is 31.5. The minimum absolute atomic E-state index is 0.103. The van der Waals surface area contributed by atoms with Crippen LogP contribution in [-0.2, 0) is 31.1 Å². The summed E-state index contributed by atoms with van der Waals surface area (Å²) in [6.07, 6.45) is -0.373. The molecule has 10 nitrogen and oxygen atoms in total. The van der Waals surface area contributed by atoms with Crippen LogP contribution in [0.3, 0.4) is 0 Å². The van der Waals surface area contributed by atoms with Gasteiger partial charge in [-0.3, -0.25) is 18.5 Å². The number of nitrogens with one attached hydrogen (secondary N) is 1. The molecule has 3 heterocycles. The van der Waals surface area contributed by atoms with E-state index in [1.165, 1.54) is 23.7 Å². The van der Waals surface area contributed by atoms with E-state index in [4.69, 9.17) is 9.72 Å². The molecule has 1 aliphatic rings. The predicted molar refractivity (Wildman–Crippen MR) is 158 cm³/mol. The van der Waals surface area contributed by atoms with E-state index >= 15 is 0 Å². The second-order valence-electron chi connectivity index (χ2n) is 11.3. The van der Waals surface area contributed by atoms with Gasteiger partial charge in [-0.25, -0.2) is 9.59 Å². The number of nitrogens with zero attached hydrogens (tertiary/aromatic N) is 5. The molecule has 43 heavy (non-hydrogen) atoms. The number of fused-ring (bicyclic) bond motifs is 1. The molecular weight excluding hydrogens is 565 g/mol. The molecule has 230 valence electrons. The van der Waals surface area contributed by atoms with Crippen LogP contribution in [-0.4, -0.2) is 49.5 Å². The van der Waals surface area contributed by atoms with Gasteiger partial charge in [0.1, 0.15) is 5.60 Å². The SMILES string of the molecule is CC#CCn1c(N2CCC[C@@H](NC(=O)OC(C)(C)C)C2)nc2c1c(=O)n(C/C=C/c1ccc(C(F)(F)F)cc1)c(=O)n2C. The average molecular weight is 601 g/mol. The van der Waals surface area contributed by atoms with Crippen molar-refractivity contribution >= 4 is 29.3 Å². The normalized spacial score (nSPS) is 15.9. The first kappa shape index (κ1) is 31.5. The molecular formula is C30H35F3N6O4. The number of alkyl halides is 3. The molecule has 0 saturated carbocycles. The third kappa shape index (κ3) is 7.31. The van der Waals surface area contributed by atoms with Gasteiger partial charge in [0.25, 0.3) is 5.56 Å². The molecule has 1 aliphatic heterocycles. The van der Waals surface area contributed by atoms with E-state index in [9.17, 15) is 27.6 Å². The number of piperidine rings is 1. The Labute approximate surface area is 246 Å². The van der Waals surface area contributed by atoms with Crippen molar-refractivity contribution in [3.05, 3.63) is 62.3 Å². The highest BCUT2D eigenvalue weighted by atomic mass is 19.4. The number of hydrogen-bond acceptors (Lipinski definition) is 6. The summed E-state index contributed by atoms with van der Waals surface area (Å²) < 4.78 is 48.0. The number of allylic oxidation sites excluding steroid dienone is 1. The van der Waals surface area contributed by atoms with Gasteiger partial charge in [0.15, 0.2) is 11.2 Å². The van der Waals surface area contributed by atoms with Crippen LogP contribution in [0.15, 0.2) is 39.9 Å². The number of halogens is 3. The molecule has 4 rings (SSSR count). The Kier molecular flexibility index (Phi) is 9.08. The van der Waals surface area contributed by atoms with Crippen molar-refractivity contribution < 1.29 is 22.7 Å². The molecule has 0 radical (unpaired) electrons. The minimum atomic E-state index is -4.44. The first-order chi connectivity index (χ1) is 20.2. The number of aryl methyl sites for hydroxylation is 1. The van der Waals surface area contributed by atoms with Crippen LogP contribution < -0.4 is 21.5 Å². The lowest BCUT2D eigenvalue weighted by Gasteiger charge is -2.34. The fourth-order valence-corrected chi connectivity index (χ4v) is 4.90. The molecule has 13 heteroatoms. The molecule has 1 fully saturated rings. The number of alkyl carbamates (subject to hydrolysis) is 1. The highest BCUT2D eigenvalue weighted by Gasteiger charge is 2.30. The molecule has 2 aromatic heterocycles. The number of amides is 1. The van der Waals surface area contributed by atoms with Crippen LogP contribution >= 0.6 is 0 Å². The maximum atomic E-state index is 13.7. The van der Waals surface area contributed by atoms with Crippen molar-refractivity contribution in [2.24, 2.45) is 7.05 Å². The lowest BCUT2D eigenvalue weighted by Crippen LogP contribution is -2.49. The van der Waals surface area contributed by atoms with Gasteiger partial charge >= 0.3 is 18.0 Å². The van der Waals surface area contributed by atoms with Gasteiger partial charge in [-0.15, -0.1) is 5.92 Å². The quantitative estimate of drug-likeness (QED) is 0.427. The minimum Gasteiger partial charge on any atom is -0.444 e. The number of aromatic nitrogens is 4. The summed E-state index contributed by atoms with van der Waals surface area (Å²) in [5.74, 6) is 6.27. The average Bonchev–Trinajstić information content (AvgIpc) is 3.31. The number of anilines is 1. The third-order valence-electron chi connectivity index (χ3n) is 6.89. The summed E-state index contributed by atoms with van der Waals surface area (Å²) >= 11 is 0. The zero-order valence-corrected chi connectivity index (χ0v) is 24.8. The van der Waals surface area contributed by atoms with Crippen molar-refractivity contribution in [1.29, 1.82) is 0 Å². The number of rotatable bonds is 6. The number of carbonyl (C=O) groups excluding carboxylic acids is 1. The molecule has 0 bridgehead atoms. The van der Waals surface area contributed by atoms with E-state index in [1.54, 1.807) is 44.4 Å². The molecule has 3 aromatic rings. The summed E-state index contributed by atoms with van der Waals surface area (Å²) in [4.78, 5) is 46.0. The van der Waals surface area contributed by atoms with Crippen molar-refractivity contribution in [2.75, 3.05) is 18.0 Å². The maximum Gasteiger partial charge on any atom is 0.416 e. The van der Waals surface area contributed by atoms with Crippen molar-refractivity contribution in [3.8, 4) is 11.8 Å². The Balaban J connectivity index is 1.66. The topological polar surface area (TPSA) is 103 Å². The summed E-state index contributed by atoms with van der Waals surface area (Å²) in [6.45, 7) is 8.13. The lowest BCUT2D eigenvalue weighted by atomic mass is 10.1. The van der Waals surface area contributed by atoms with Crippen LogP contribution in [0.5, 0.6) is 0 Å². The highest BCUT2D eigenvalue weighted by Crippen LogP contribution is 2.29. The van der Waals surface area contributed by atoms with Crippen LogP contribution in [0.25, 0.3) is 17.2 Å². The van der Waals surface area contributed by atoms with E-state index < -0.39 is 34.7 Å². The Bertz CT molecular complexity index is 1700. The highest BCUT2D eigenvalue weighted by molar-refractivity contribution is 5.75. The van der Waals surface area contributed by atoms with E-state index in [-0.39, 0.29) is 30.3 Å². The van der Waals surface area contributed by atoms with Gasteiger partial charge in [-0.2, -0.15) is 18.2 Å². The van der Waals surface area contributed by atoms with Gasteiger partial charge in [0.2, 0.25) is 5.95 Å². The first-order valence-electron chi connectivity index (χ1n) is 13.9. The molecule has 1 amide bonds. The lowest BCUT2D eigenvalue weighted by molar-refractivity contribution is -0.137. The fourth-order valence-electron chi connectivity index (χ4n) is 4.90. The van der Waals surface area contributed by atoms with Crippen LogP contribution in [0.2, 0.25) is 0 Å². The molecule has 1 N–H and O–H groups in total. The largest absolute Gasteiger partial charge is 0.444 e. The van der Waals surface area contributed by atoms with E-state index in [0.29, 0.717) is 24.6 Å². The van der Waals surface area contributed by atoms with Crippen LogP contribution in [0, 0.1) is 11.8 Å². The van der Waals surface area contributed by atoms with Crippen molar-refractivity contribution in [1.82, 2.24) is 24.0 Å². The monoisotopic (exact) mass is 600 g/mol. The number of hydrogen-bond donors (Lipinski definition) is 1. The van der Waals surface area contributed by atoms with Gasteiger partial charge in [-0.1, -0.05) is 30.2 Å². The Hall–Kier alpha value is -4.47. The molecule has 1 aromatic carbocycles. The van der Waals surface area contributed by atoms with Crippen LogP contribution in [0.4, 0.5) is 23.9 Å². The molecule has 0 aliphatic carbocycles. The zero-order valence-electron chi connectivity index (χ0n) is 24.8. The number of carbonyl (C=O) groups is 1. The molecule has 0 unspecified atom stereocenters. The molecule has 1 atom stereocenters. The number of benzene rings is 1. The van der Waals surface area contributed by atoms with Crippen molar-refractivity contribution in [2.45, 2.75) is 71.4 Å².